The molecule has 0 aliphatic carbocycles. The van der Waals surface area contributed by atoms with Gasteiger partial charge in [-0.1, -0.05) is 11.6 Å². The van der Waals surface area contributed by atoms with Crippen molar-refractivity contribution < 1.29 is 9.18 Å². The topological polar surface area (TPSA) is 17.1 Å². The molecular weight excluding hydrogens is 234 g/mol. The Hall–Kier alpha value is -0.410. The molecule has 58 valence electrons. The van der Waals surface area contributed by atoms with Crippen LogP contribution < -0.4 is 0 Å². The van der Waals surface area contributed by atoms with Crippen molar-refractivity contribution in [2.24, 2.45) is 0 Å². The first-order valence-corrected chi connectivity index (χ1v) is 3.92. The van der Waals surface area contributed by atoms with Gasteiger partial charge in [0.25, 0.3) is 0 Å². The molecule has 0 amide bonds. The molecule has 0 radical (unpaired) electrons. The molecule has 1 nitrogen and oxygen atoms in total. The molecule has 0 aliphatic heterocycles. The summed E-state index contributed by atoms with van der Waals surface area (Å²) in [7, 11) is 0. The SMILES string of the molecule is O=Cc1cc(F)c(Br)cc1Cl. The summed E-state index contributed by atoms with van der Waals surface area (Å²) in [5.74, 6) is -0.489. The van der Waals surface area contributed by atoms with Crippen LogP contribution >= 0.6 is 27.5 Å². The van der Waals surface area contributed by atoms with Gasteiger partial charge in [0.2, 0.25) is 0 Å². The summed E-state index contributed by atoms with van der Waals surface area (Å²) in [6.07, 6.45) is 0.512. The zero-order valence-corrected chi connectivity index (χ0v) is 7.62. The molecule has 0 bridgehead atoms. The van der Waals surface area contributed by atoms with Gasteiger partial charge < -0.3 is 0 Å². The third-order valence-electron chi connectivity index (χ3n) is 1.17. The van der Waals surface area contributed by atoms with Crippen molar-refractivity contribution in [3.63, 3.8) is 0 Å². The van der Waals surface area contributed by atoms with E-state index in [1.54, 1.807) is 0 Å². The molecular formula is C7H3BrClFO. The van der Waals surface area contributed by atoms with Crippen molar-refractivity contribution in [2.45, 2.75) is 0 Å². The van der Waals surface area contributed by atoms with Gasteiger partial charge in [0.15, 0.2) is 6.29 Å². The highest BCUT2D eigenvalue weighted by Gasteiger charge is 2.04. The van der Waals surface area contributed by atoms with E-state index in [-0.39, 0.29) is 15.1 Å². The van der Waals surface area contributed by atoms with E-state index >= 15 is 0 Å². The van der Waals surface area contributed by atoms with Gasteiger partial charge in [-0.05, 0) is 28.1 Å². The number of carbonyl (C=O) groups excluding carboxylic acids is 1. The highest BCUT2D eigenvalue weighted by molar-refractivity contribution is 9.10. The maximum absolute atomic E-state index is 12.7. The molecule has 0 atom stereocenters. The number of halogens is 3. The summed E-state index contributed by atoms with van der Waals surface area (Å²) in [6.45, 7) is 0. The van der Waals surface area contributed by atoms with Crippen LogP contribution in [0.5, 0.6) is 0 Å². The summed E-state index contributed by atoms with van der Waals surface area (Å²) >= 11 is 8.51. The number of carbonyl (C=O) groups is 1. The van der Waals surface area contributed by atoms with Crippen LogP contribution in [0.2, 0.25) is 5.02 Å². The Bertz CT molecular complexity index is 301. The maximum Gasteiger partial charge on any atom is 0.151 e. The first-order chi connectivity index (χ1) is 5.15. The van der Waals surface area contributed by atoms with Crippen LogP contribution in [-0.2, 0) is 0 Å². The fourth-order valence-corrected chi connectivity index (χ4v) is 1.31. The van der Waals surface area contributed by atoms with Crippen molar-refractivity contribution in [2.75, 3.05) is 0 Å². The van der Waals surface area contributed by atoms with E-state index in [2.05, 4.69) is 15.9 Å². The predicted octanol–water partition coefficient (Wildman–Crippen LogP) is 3.05. The van der Waals surface area contributed by atoms with Crippen molar-refractivity contribution in [1.29, 1.82) is 0 Å². The zero-order valence-electron chi connectivity index (χ0n) is 5.27. The van der Waals surface area contributed by atoms with Crippen molar-refractivity contribution in [1.82, 2.24) is 0 Å². The lowest BCUT2D eigenvalue weighted by Crippen LogP contribution is -1.85. The number of benzene rings is 1. The second-order valence-electron chi connectivity index (χ2n) is 1.91. The quantitative estimate of drug-likeness (QED) is 0.542. The molecule has 11 heavy (non-hydrogen) atoms. The van der Waals surface area contributed by atoms with Crippen molar-refractivity contribution in [3.05, 3.63) is 33.0 Å². The van der Waals surface area contributed by atoms with Crippen LogP contribution in [-0.4, -0.2) is 6.29 Å². The number of aldehydes is 1. The molecule has 0 spiro atoms. The van der Waals surface area contributed by atoms with Crippen LogP contribution in [0, 0.1) is 5.82 Å². The molecule has 0 aliphatic rings. The lowest BCUT2D eigenvalue weighted by atomic mass is 10.2. The van der Waals surface area contributed by atoms with E-state index in [0.29, 0.717) is 6.29 Å². The van der Waals surface area contributed by atoms with E-state index in [1.807, 2.05) is 0 Å². The highest BCUT2D eigenvalue weighted by atomic mass is 79.9. The molecule has 0 aromatic heterocycles. The first kappa shape index (κ1) is 8.68. The minimum atomic E-state index is -0.489. The Morgan fingerprint density at radius 3 is 2.73 bits per heavy atom. The fourth-order valence-electron chi connectivity index (χ4n) is 0.628. The molecule has 0 saturated carbocycles. The Morgan fingerprint density at radius 2 is 2.18 bits per heavy atom. The van der Waals surface area contributed by atoms with E-state index in [0.717, 1.165) is 6.07 Å². The lowest BCUT2D eigenvalue weighted by molar-refractivity contribution is 0.112. The fraction of sp³-hybridized carbons (Fsp3) is 0. The second-order valence-corrected chi connectivity index (χ2v) is 3.17. The summed E-state index contributed by atoms with van der Waals surface area (Å²) in [4.78, 5) is 10.2. The van der Waals surface area contributed by atoms with Crippen molar-refractivity contribution >= 4 is 33.8 Å². The van der Waals surface area contributed by atoms with E-state index in [4.69, 9.17) is 11.6 Å². The molecule has 0 fully saturated rings. The van der Waals surface area contributed by atoms with Crippen LogP contribution in [0.3, 0.4) is 0 Å². The molecule has 0 heterocycles. The Morgan fingerprint density at radius 1 is 1.55 bits per heavy atom. The normalized spacial score (nSPS) is 9.73. The Balaban J connectivity index is 3.31. The summed E-state index contributed by atoms with van der Waals surface area (Å²) < 4.78 is 12.9. The van der Waals surface area contributed by atoms with Gasteiger partial charge >= 0.3 is 0 Å². The maximum atomic E-state index is 12.7. The summed E-state index contributed by atoms with van der Waals surface area (Å²) in [5.41, 5.74) is 0.160. The zero-order chi connectivity index (χ0) is 8.43. The largest absolute Gasteiger partial charge is 0.298 e. The van der Waals surface area contributed by atoms with Crippen LogP contribution in [0.1, 0.15) is 10.4 Å². The predicted molar refractivity (Wildman–Crippen MR) is 44.5 cm³/mol. The molecule has 0 saturated heterocycles. The van der Waals surface area contributed by atoms with Gasteiger partial charge in [-0.25, -0.2) is 4.39 Å². The van der Waals surface area contributed by atoms with Gasteiger partial charge in [0.05, 0.1) is 9.50 Å². The Labute approximate surface area is 76.3 Å². The van der Waals surface area contributed by atoms with E-state index < -0.39 is 5.82 Å². The first-order valence-electron chi connectivity index (χ1n) is 2.75. The lowest BCUT2D eigenvalue weighted by Gasteiger charge is -1.97. The van der Waals surface area contributed by atoms with Crippen LogP contribution in [0.4, 0.5) is 4.39 Å². The van der Waals surface area contributed by atoms with Gasteiger partial charge in [-0.2, -0.15) is 0 Å². The average molecular weight is 237 g/mol. The highest BCUT2D eigenvalue weighted by Crippen LogP contribution is 2.23. The van der Waals surface area contributed by atoms with Crippen LogP contribution in [0.25, 0.3) is 0 Å². The van der Waals surface area contributed by atoms with Gasteiger partial charge in [0, 0.05) is 5.56 Å². The second kappa shape index (κ2) is 3.32. The summed E-state index contributed by atoms with van der Waals surface area (Å²) in [6, 6.07) is 2.43. The third-order valence-corrected chi connectivity index (χ3v) is 2.10. The van der Waals surface area contributed by atoms with Gasteiger partial charge in [0.1, 0.15) is 5.82 Å². The summed E-state index contributed by atoms with van der Waals surface area (Å²) in [5, 5.41) is 0.244. The van der Waals surface area contributed by atoms with Gasteiger partial charge in [-0.15, -0.1) is 0 Å². The minimum absolute atomic E-state index is 0.160. The molecule has 1 aromatic rings. The smallest absolute Gasteiger partial charge is 0.151 e. The molecule has 1 rings (SSSR count). The number of rotatable bonds is 1. The molecule has 0 N–H and O–H groups in total. The van der Waals surface area contributed by atoms with Gasteiger partial charge in [-0.3, -0.25) is 4.79 Å². The molecule has 0 unspecified atom stereocenters. The van der Waals surface area contributed by atoms with Crippen LogP contribution in [0.15, 0.2) is 16.6 Å². The van der Waals surface area contributed by atoms with Crippen molar-refractivity contribution in [3.8, 4) is 0 Å². The third kappa shape index (κ3) is 1.79. The number of hydrogen-bond donors (Lipinski definition) is 0. The monoisotopic (exact) mass is 236 g/mol. The average Bonchev–Trinajstić information content (AvgIpc) is 1.97. The number of hydrogen-bond acceptors (Lipinski definition) is 1. The molecule has 4 heteroatoms. The molecule has 1 aromatic carbocycles. The minimum Gasteiger partial charge on any atom is -0.298 e. The van der Waals surface area contributed by atoms with E-state index in [1.165, 1.54) is 6.07 Å². The Kier molecular flexibility index (Phi) is 2.62. The van der Waals surface area contributed by atoms with E-state index in [9.17, 15) is 9.18 Å². The standard InChI is InChI=1S/C7H3BrClFO/c8-5-2-6(9)4(3-11)1-7(5)10/h1-3H.